The number of nitrogens with zero attached hydrogens (tertiary/aromatic N) is 1. The van der Waals surface area contributed by atoms with Gasteiger partial charge in [-0.3, -0.25) is 0 Å². The number of thiazole rings is 1. The quantitative estimate of drug-likeness (QED) is 0.926. The molecule has 3 nitrogen and oxygen atoms in total. The Balaban J connectivity index is 2.47. The van der Waals surface area contributed by atoms with Crippen molar-refractivity contribution in [3.63, 3.8) is 0 Å². The summed E-state index contributed by atoms with van der Waals surface area (Å²) in [6.07, 6.45) is 0.622. The molecule has 2 aromatic heterocycles. The van der Waals surface area contributed by atoms with Crippen molar-refractivity contribution in [1.82, 2.24) is 4.98 Å². The highest BCUT2D eigenvalue weighted by Gasteiger charge is 2.17. The number of aromatic carboxylic acids is 1. The zero-order chi connectivity index (χ0) is 11.7. The van der Waals surface area contributed by atoms with Crippen LogP contribution >= 0.6 is 34.3 Å². The van der Waals surface area contributed by atoms with Crippen LogP contribution in [0.25, 0.3) is 9.88 Å². The molecule has 0 aliphatic carbocycles. The van der Waals surface area contributed by atoms with E-state index < -0.39 is 5.97 Å². The smallest absolute Gasteiger partial charge is 0.347 e. The molecule has 0 aliphatic heterocycles. The first kappa shape index (κ1) is 11.6. The Morgan fingerprint density at radius 1 is 1.62 bits per heavy atom. The molecule has 2 aromatic rings. The average Bonchev–Trinajstić information content (AvgIpc) is 2.82. The number of aromatic nitrogens is 1. The minimum atomic E-state index is -0.914. The predicted molar refractivity (Wildman–Crippen MR) is 66.8 cm³/mol. The van der Waals surface area contributed by atoms with Gasteiger partial charge >= 0.3 is 5.97 Å². The fourth-order valence-electron chi connectivity index (χ4n) is 1.29. The summed E-state index contributed by atoms with van der Waals surface area (Å²) < 4.78 is 0. The fourth-order valence-corrected chi connectivity index (χ4v) is 3.42. The van der Waals surface area contributed by atoms with Crippen LogP contribution < -0.4 is 0 Å². The SMILES string of the molecule is CCc1nc(-c2cc(Cl)cs2)sc1C(=O)O. The van der Waals surface area contributed by atoms with Gasteiger partial charge in [0.15, 0.2) is 0 Å². The van der Waals surface area contributed by atoms with E-state index in [0.29, 0.717) is 22.0 Å². The summed E-state index contributed by atoms with van der Waals surface area (Å²) in [5.74, 6) is -0.914. The summed E-state index contributed by atoms with van der Waals surface area (Å²) in [4.78, 5) is 16.5. The molecule has 0 saturated heterocycles. The highest BCUT2D eigenvalue weighted by molar-refractivity contribution is 7.22. The monoisotopic (exact) mass is 273 g/mol. The van der Waals surface area contributed by atoms with Crippen LogP contribution in [-0.2, 0) is 6.42 Å². The number of aryl methyl sites for hydroxylation is 1. The molecule has 0 amide bonds. The van der Waals surface area contributed by atoms with E-state index in [0.717, 1.165) is 9.88 Å². The molecule has 0 fully saturated rings. The van der Waals surface area contributed by atoms with E-state index in [1.807, 2.05) is 12.3 Å². The summed E-state index contributed by atoms with van der Waals surface area (Å²) in [5.41, 5.74) is 0.636. The Morgan fingerprint density at radius 3 is 2.81 bits per heavy atom. The number of carboxylic acid groups (broad SMARTS) is 1. The molecular formula is C10H8ClNO2S2. The van der Waals surface area contributed by atoms with Crippen LogP contribution in [-0.4, -0.2) is 16.1 Å². The molecular weight excluding hydrogens is 266 g/mol. The number of hydrogen-bond acceptors (Lipinski definition) is 4. The summed E-state index contributed by atoms with van der Waals surface area (Å²) in [7, 11) is 0. The molecule has 0 unspecified atom stereocenters. The van der Waals surface area contributed by atoms with E-state index in [9.17, 15) is 4.79 Å². The summed E-state index contributed by atoms with van der Waals surface area (Å²) in [6.45, 7) is 1.90. The topological polar surface area (TPSA) is 50.2 Å². The van der Waals surface area contributed by atoms with Crippen molar-refractivity contribution in [2.75, 3.05) is 0 Å². The molecule has 0 aromatic carbocycles. The molecule has 6 heteroatoms. The van der Waals surface area contributed by atoms with Gasteiger partial charge in [-0.2, -0.15) is 0 Å². The van der Waals surface area contributed by atoms with Crippen LogP contribution in [0.2, 0.25) is 5.02 Å². The molecule has 84 valence electrons. The molecule has 1 N–H and O–H groups in total. The molecule has 0 atom stereocenters. The van der Waals surface area contributed by atoms with Gasteiger partial charge in [0.05, 0.1) is 15.6 Å². The van der Waals surface area contributed by atoms with Gasteiger partial charge in [-0.15, -0.1) is 22.7 Å². The highest BCUT2D eigenvalue weighted by atomic mass is 35.5. The van der Waals surface area contributed by atoms with Gasteiger partial charge in [0.1, 0.15) is 9.88 Å². The van der Waals surface area contributed by atoms with E-state index in [2.05, 4.69) is 4.98 Å². The zero-order valence-corrected chi connectivity index (χ0v) is 10.7. The van der Waals surface area contributed by atoms with E-state index in [-0.39, 0.29) is 0 Å². The first-order valence-corrected chi connectivity index (χ1v) is 6.66. The molecule has 0 radical (unpaired) electrons. The lowest BCUT2D eigenvalue weighted by Crippen LogP contribution is -1.97. The van der Waals surface area contributed by atoms with Gasteiger partial charge in [-0.1, -0.05) is 18.5 Å². The number of rotatable bonds is 3. The lowest BCUT2D eigenvalue weighted by molar-refractivity contribution is 0.0701. The third-order valence-corrected chi connectivity index (χ3v) is 4.54. The van der Waals surface area contributed by atoms with Gasteiger partial charge in [0.2, 0.25) is 0 Å². The standard InChI is InChI=1S/C10H8ClNO2S2/c1-2-6-8(10(13)14)16-9(12-6)7-3-5(11)4-15-7/h3-4H,2H2,1H3,(H,13,14). The second kappa shape index (κ2) is 4.53. The molecule has 16 heavy (non-hydrogen) atoms. The van der Waals surface area contributed by atoms with E-state index >= 15 is 0 Å². The zero-order valence-electron chi connectivity index (χ0n) is 8.36. The van der Waals surface area contributed by atoms with Crippen molar-refractivity contribution >= 4 is 40.2 Å². The van der Waals surface area contributed by atoms with Gasteiger partial charge in [0, 0.05) is 5.38 Å². The van der Waals surface area contributed by atoms with Crippen molar-refractivity contribution in [1.29, 1.82) is 0 Å². The number of halogens is 1. The lowest BCUT2D eigenvalue weighted by atomic mass is 10.3. The van der Waals surface area contributed by atoms with Gasteiger partial charge in [-0.05, 0) is 12.5 Å². The normalized spacial score (nSPS) is 10.6. The Kier molecular flexibility index (Phi) is 3.28. The maximum Gasteiger partial charge on any atom is 0.347 e. The minimum absolute atomic E-state index is 0.321. The number of thiophene rings is 1. The molecule has 2 heterocycles. The first-order chi connectivity index (χ1) is 7.61. The van der Waals surface area contributed by atoms with Crippen molar-refractivity contribution in [2.24, 2.45) is 0 Å². The number of carbonyl (C=O) groups is 1. The first-order valence-electron chi connectivity index (χ1n) is 4.59. The Labute approximate surface area is 105 Å². The highest BCUT2D eigenvalue weighted by Crippen LogP contribution is 2.34. The van der Waals surface area contributed by atoms with Crippen molar-refractivity contribution in [2.45, 2.75) is 13.3 Å². The molecule has 0 spiro atoms. The number of hydrogen-bond donors (Lipinski definition) is 1. The van der Waals surface area contributed by atoms with E-state index in [4.69, 9.17) is 16.7 Å². The minimum Gasteiger partial charge on any atom is -0.477 e. The maximum absolute atomic E-state index is 11.0. The second-order valence-electron chi connectivity index (χ2n) is 3.08. The van der Waals surface area contributed by atoms with Gasteiger partial charge < -0.3 is 5.11 Å². The summed E-state index contributed by atoms with van der Waals surface area (Å²) in [6, 6.07) is 1.80. The Hall–Kier alpha value is -0.910. The molecule has 0 aliphatic rings. The van der Waals surface area contributed by atoms with E-state index in [1.54, 1.807) is 6.07 Å². The van der Waals surface area contributed by atoms with Crippen LogP contribution in [0.4, 0.5) is 0 Å². The summed E-state index contributed by atoms with van der Waals surface area (Å²) >= 11 is 8.49. The van der Waals surface area contributed by atoms with Gasteiger partial charge in [0.25, 0.3) is 0 Å². The number of carboxylic acids is 1. The third-order valence-electron chi connectivity index (χ3n) is 2.00. The lowest BCUT2D eigenvalue weighted by Gasteiger charge is -1.89. The van der Waals surface area contributed by atoms with Crippen LogP contribution in [0.15, 0.2) is 11.4 Å². The molecule has 0 bridgehead atoms. The Morgan fingerprint density at radius 2 is 2.38 bits per heavy atom. The fraction of sp³-hybridized carbons (Fsp3) is 0.200. The van der Waals surface area contributed by atoms with Crippen molar-refractivity contribution in [3.05, 3.63) is 27.0 Å². The largest absolute Gasteiger partial charge is 0.477 e. The van der Waals surface area contributed by atoms with Crippen LogP contribution in [0.3, 0.4) is 0 Å². The van der Waals surface area contributed by atoms with Gasteiger partial charge in [-0.25, -0.2) is 9.78 Å². The third kappa shape index (κ3) is 2.11. The summed E-state index contributed by atoms with van der Waals surface area (Å²) in [5, 5.41) is 12.2. The van der Waals surface area contributed by atoms with E-state index in [1.165, 1.54) is 22.7 Å². The predicted octanol–water partition coefficient (Wildman–Crippen LogP) is 3.79. The molecule has 2 rings (SSSR count). The second-order valence-corrected chi connectivity index (χ2v) is 5.43. The average molecular weight is 274 g/mol. The molecule has 0 saturated carbocycles. The van der Waals surface area contributed by atoms with Crippen molar-refractivity contribution in [3.8, 4) is 9.88 Å². The van der Waals surface area contributed by atoms with Crippen molar-refractivity contribution < 1.29 is 9.90 Å². The van der Waals surface area contributed by atoms with Crippen LogP contribution in [0, 0.1) is 0 Å². The Bertz CT molecular complexity index is 533. The van der Waals surface area contributed by atoms with Crippen LogP contribution in [0.5, 0.6) is 0 Å². The maximum atomic E-state index is 11.0. The van der Waals surface area contributed by atoms with Crippen LogP contribution in [0.1, 0.15) is 22.3 Å².